The summed E-state index contributed by atoms with van der Waals surface area (Å²) in [5, 5.41) is 14.0. The van der Waals surface area contributed by atoms with E-state index in [-0.39, 0.29) is 6.42 Å². The third-order valence-electron chi connectivity index (χ3n) is 2.36. The number of aromatic amines is 1. The number of aromatic nitrogens is 2. The van der Waals surface area contributed by atoms with Crippen molar-refractivity contribution in [3.63, 3.8) is 0 Å². The first-order valence-electron chi connectivity index (χ1n) is 5.87. The number of urea groups is 1. The quantitative estimate of drug-likeness (QED) is 0.568. The first-order chi connectivity index (χ1) is 8.99. The highest BCUT2D eigenvalue weighted by Gasteiger charge is 2.20. The van der Waals surface area contributed by atoms with Crippen molar-refractivity contribution in [3.8, 4) is 0 Å². The zero-order valence-electron chi connectivity index (χ0n) is 10.9. The van der Waals surface area contributed by atoms with Crippen LogP contribution in [-0.2, 0) is 11.2 Å². The summed E-state index contributed by atoms with van der Waals surface area (Å²) in [6.07, 6.45) is 4.98. The van der Waals surface area contributed by atoms with Crippen LogP contribution in [0.2, 0.25) is 0 Å². The van der Waals surface area contributed by atoms with Crippen LogP contribution in [0.25, 0.3) is 0 Å². The van der Waals surface area contributed by atoms with E-state index >= 15 is 0 Å². The molecule has 1 aromatic heterocycles. The number of carboxylic acid groups (broad SMARTS) is 1. The van der Waals surface area contributed by atoms with Gasteiger partial charge in [0.25, 0.3) is 0 Å². The predicted molar refractivity (Wildman–Crippen MR) is 69.7 cm³/mol. The summed E-state index contributed by atoms with van der Waals surface area (Å²) in [4.78, 5) is 29.2. The Bertz CT molecular complexity index is 450. The molecule has 0 saturated heterocycles. The summed E-state index contributed by atoms with van der Waals surface area (Å²) < 4.78 is 0. The van der Waals surface area contributed by atoms with Gasteiger partial charge in [0.2, 0.25) is 0 Å². The Labute approximate surface area is 111 Å². The van der Waals surface area contributed by atoms with Crippen molar-refractivity contribution in [3.05, 3.63) is 29.9 Å². The van der Waals surface area contributed by atoms with Gasteiger partial charge in [-0.2, -0.15) is 0 Å². The fourth-order valence-electron chi connectivity index (χ4n) is 1.37. The minimum absolute atomic E-state index is 0.158. The Morgan fingerprint density at radius 1 is 1.53 bits per heavy atom. The number of allylic oxidation sites excluding steroid dienone is 1. The Hall–Kier alpha value is -2.31. The minimum Gasteiger partial charge on any atom is -0.480 e. The molecule has 1 atom stereocenters. The second kappa shape index (κ2) is 7.20. The van der Waals surface area contributed by atoms with Crippen LogP contribution in [0.3, 0.4) is 0 Å². The first kappa shape index (κ1) is 14.7. The van der Waals surface area contributed by atoms with Gasteiger partial charge in [0.1, 0.15) is 6.04 Å². The van der Waals surface area contributed by atoms with Gasteiger partial charge in [0.05, 0.1) is 6.33 Å². The molecule has 1 heterocycles. The Morgan fingerprint density at radius 3 is 2.79 bits per heavy atom. The van der Waals surface area contributed by atoms with Crippen LogP contribution in [-0.4, -0.2) is 39.7 Å². The van der Waals surface area contributed by atoms with Crippen molar-refractivity contribution in [1.82, 2.24) is 20.6 Å². The SMILES string of the molecule is CC(C)=CCNC(=O)N[C@H](Cc1cnc[nH]1)C(=O)O. The largest absolute Gasteiger partial charge is 0.480 e. The molecular formula is C12H18N4O3. The van der Waals surface area contributed by atoms with E-state index in [1.807, 2.05) is 19.9 Å². The molecule has 0 unspecified atom stereocenters. The van der Waals surface area contributed by atoms with Gasteiger partial charge in [-0.1, -0.05) is 11.6 Å². The lowest BCUT2D eigenvalue weighted by Crippen LogP contribution is -2.47. The van der Waals surface area contributed by atoms with E-state index in [0.29, 0.717) is 12.2 Å². The molecule has 19 heavy (non-hydrogen) atoms. The second-order valence-electron chi connectivity index (χ2n) is 4.31. The number of nitrogens with zero attached hydrogens (tertiary/aromatic N) is 1. The third kappa shape index (κ3) is 5.71. The van der Waals surface area contributed by atoms with Gasteiger partial charge in [-0.25, -0.2) is 14.6 Å². The van der Waals surface area contributed by atoms with Crippen molar-refractivity contribution in [2.24, 2.45) is 0 Å². The van der Waals surface area contributed by atoms with E-state index in [0.717, 1.165) is 5.57 Å². The molecule has 0 spiro atoms. The molecule has 104 valence electrons. The molecule has 0 aliphatic heterocycles. The monoisotopic (exact) mass is 266 g/mol. The highest BCUT2D eigenvalue weighted by Crippen LogP contribution is 1.98. The molecule has 0 aliphatic rings. The van der Waals surface area contributed by atoms with Crippen LogP contribution in [0.4, 0.5) is 4.79 Å². The summed E-state index contributed by atoms with van der Waals surface area (Å²) in [6.45, 7) is 4.19. The van der Waals surface area contributed by atoms with Gasteiger partial charge in [-0.15, -0.1) is 0 Å². The average Bonchev–Trinajstić information content (AvgIpc) is 2.80. The molecule has 0 saturated carbocycles. The summed E-state index contributed by atoms with van der Waals surface area (Å²) in [7, 11) is 0. The van der Waals surface area contributed by atoms with E-state index < -0.39 is 18.0 Å². The van der Waals surface area contributed by atoms with E-state index in [1.165, 1.54) is 12.5 Å². The van der Waals surface area contributed by atoms with Crippen molar-refractivity contribution >= 4 is 12.0 Å². The topological polar surface area (TPSA) is 107 Å². The number of nitrogens with one attached hydrogen (secondary N) is 3. The van der Waals surface area contributed by atoms with Crippen LogP contribution in [0.15, 0.2) is 24.2 Å². The number of imidazole rings is 1. The third-order valence-corrected chi connectivity index (χ3v) is 2.36. The van der Waals surface area contributed by atoms with Gasteiger partial charge in [-0.3, -0.25) is 0 Å². The van der Waals surface area contributed by atoms with Crippen molar-refractivity contribution < 1.29 is 14.7 Å². The maximum Gasteiger partial charge on any atom is 0.326 e. The molecule has 1 rings (SSSR count). The second-order valence-corrected chi connectivity index (χ2v) is 4.31. The number of hydrogen-bond acceptors (Lipinski definition) is 3. The molecule has 0 aliphatic carbocycles. The summed E-state index contributed by atoms with van der Waals surface area (Å²) in [6, 6.07) is -1.50. The smallest absolute Gasteiger partial charge is 0.326 e. The van der Waals surface area contributed by atoms with Crippen LogP contribution < -0.4 is 10.6 Å². The molecule has 0 fully saturated rings. The fourth-order valence-corrected chi connectivity index (χ4v) is 1.37. The van der Waals surface area contributed by atoms with Crippen molar-refractivity contribution in [2.75, 3.05) is 6.54 Å². The maximum absolute atomic E-state index is 11.5. The van der Waals surface area contributed by atoms with Gasteiger partial charge < -0.3 is 20.7 Å². The summed E-state index contributed by atoms with van der Waals surface area (Å²) in [5.41, 5.74) is 1.73. The van der Waals surface area contributed by atoms with Crippen LogP contribution in [0, 0.1) is 0 Å². The molecule has 2 amide bonds. The van der Waals surface area contributed by atoms with Gasteiger partial charge >= 0.3 is 12.0 Å². The lowest BCUT2D eigenvalue weighted by Gasteiger charge is -2.13. The number of H-pyrrole nitrogens is 1. The highest BCUT2D eigenvalue weighted by atomic mass is 16.4. The molecule has 1 aromatic rings. The van der Waals surface area contributed by atoms with Crippen molar-refractivity contribution in [1.29, 1.82) is 0 Å². The number of amides is 2. The number of carbonyl (C=O) groups is 2. The fraction of sp³-hybridized carbons (Fsp3) is 0.417. The lowest BCUT2D eigenvalue weighted by molar-refractivity contribution is -0.139. The Kier molecular flexibility index (Phi) is 5.59. The number of hydrogen-bond donors (Lipinski definition) is 4. The van der Waals surface area contributed by atoms with E-state index in [1.54, 1.807) is 0 Å². The highest BCUT2D eigenvalue weighted by molar-refractivity contribution is 5.82. The van der Waals surface area contributed by atoms with Crippen LogP contribution in [0.1, 0.15) is 19.5 Å². The first-order valence-corrected chi connectivity index (χ1v) is 5.87. The Balaban J connectivity index is 2.47. The average molecular weight is 266 g/mol. The number of carbonyl (C=O) groups excluding carboxylic acids is 1. The van der Waals surface area contributed by atoms with Crippen LogP contribution >= 0.6 is 0 Å². The number of rotatable bonds is 6. The normalized spacial score (nSPS) is 11.5. The standard InChI is InChI=1S/C12H18N4O3/c1-8(2)3-4-14-12(19)16-10(11(17)18)5-9-6-13-7-15-9/h3,6-7,10H,4-5H2,1-2H3,(H,13,15)(H,17,18)(H2,14,16,19)/t10-/m1/s1. The van der Waals surface area contributed by atoms with E-state index in [2.05, 4.69) is 20.6 Å². The van der Waals surface area contributed by atoms with Crippen molar-refractivity contribution in [2.45, 2.75) is 26.3 Å². The van der Waals surface area contributed by atoms with Gasteiger partial charge in [-0.05, 0) is 13.8 Å². The molecule has 7 nitrogen and oxygen atoms in total. The molecule has 0 radical (unpaired) electrons. The van der Waals surface area contributed by atoms with Crippen LogP contribution in [0.5, 0.6) is 0 Å². The summed E-state index contributed by atoms with van der Waals surface area (Å²) in [5.74, 6) is -1.09. The van der Waals surface area contributed by atoms with Gasteiger partial charge in [0.15, 0.2) is 0 Å². The zero-order chi connectivity index (χ0) is 14.3. The molecule has 4 N–H and O–H groups in total. The zero-order valence-corrected chi connectivity index (χ0v) is 10.9. The number of aliphatic carboxylic acids is 1. The molecule has 0 bridgehead atoms. The van der Waals surface area contributed by atoms with Gasteiger partial charge in [0, 0.05) is 24.9 Å². The number of carboxylic acids is 1. The lowest BCUT2D eigenvalue weighted by atomic mass is 10.2. The molecule has 7 heteroatoms. The van der Waals surface area contributed by atoms with E-state index in [9.17, 15) is 9.59 Å². The summed E-state index contributed by atoms with van der Waals surface area (Å²) >= 11 is 0. The molecule has 0 aromatic carbocycles. The minimum atomic E-state index is -1.09. The maximum atomic E-state index is 11.5. The molecular weight excluding hydrogens is 248 g/mol. The predicted octanol–water partition coefficient (Wildman–Crippen LogP) is 0.671. The Morgan fingerprint density at radius 2 is 2.26 bits per heavy atom. The van der Waals surface area contributed by atoms with E-state index in [4.69, 9.17) is 5.11 Å².